The normalized spacial score (nSPS) is 23.7. The molecule has 2 amide bonds. The summed E-state index contributed by atoms with van der Waals surface area (Å²) in [5.74, 6) is -0.850. The molecule has 5 N–H and O–H groups in total. The molecular weight excluding hydrogens is 400 g/mol. The summed E-state index contributed by atoms with van der Waals surface area (Å²) in [6.07, 6.45) is 5.29. The first kappa shape index (κ1) is 23.0. The summed E-state index contributed by atoms with van der Waals surface area (Å²) in [6, 6.07) is 2.68. The average Bonchev–Trinajstić information content (AvgIpc) is 2.73. The number of amides is 2. The minimum Gasteiger partial charge on any atom is -0.480 e. The SMILES string of the molecule is CC(=O)NC(C(=O)O)C1(O)CCC(NC(=O)CCCc2ccc3c(n2)NCCC3)CC1. The number of hydrogen-bond acceptors (Lipinski definition) is 6. The van der Waals surface area contributed by atoms with E-state index in [1.807, 2.05) is 6.07 Å². The molecule has 0 spiro atoms. The lowest BCUT2D eigenvalue weighted by atomic mass is 9.77. The zero-order chi connectivity index (χ0) is 22.4. The van der Waals surface area contributed by atoms with Crippen molar-refractivity contribution in [3.63, 3.8) is 0 Å². The fourth-order valence-corrected chi connectivity index (χ4v) is 4.42. The Labute approximate surface area is 182 Å². The first-order chi connectivity index (χ1) is 14.8. The Morgan fingerprint density at radius 1 is 1.29 bits per heavy atom. The summed E-state index contributed by atoms with van der Waals surface area (Å²) >= 11 is 0. The number of aliphatic hydroxyl groups is 1. The van der Waals surface area contributed by atoms with Gasteiger partial charge in [0.15, 0.2) is 6.04 Å². The van der Waals surface area contributed by atoms with E-state index in [1.54, 1.807) is 0 Å². The van der Waals surface area contributed by atoms with E-state index < -0.39 is 23.5 Å². The van der Waals surface area contributed by atoms with Crippen LogP contribution >= 0.6 is 0 Å². The molecule has 3 rings (SSSR count). The van der Waals surface area contributed by atoms with Crippen molar-refractivity contribution in [1.82, 2.24) is 15.6 Å². The molecule has 2 aliphatic rings. The molecule has 1 unspecified atom stereocenters. The van der Waals surface area contributed by atoms with Crippen molar-refractivity contribution < 1.29 is 24.6 Å². The van der Waals surface area contributed by atoms with Gasteiger partial charge in [-0.25, -0.2) is 9.78 Å². The van der Waals surface area contributed by atoms with E-state index in [0.717, 1.165) is 37.3 Å². The Hall–Kier alpha value is -2.68. The number of aromatic nitrogens is 1. The maximum absolute atomic E-state index is 12.3. The highest BCUT2D eigenvalue weighted by Crippen LogP contribution is 2.31. The molecule has 0 saturated heterocycles. The molecular formula is C22H32N4O5. The third-order valence-corrected chi connectivity index (χ3v) is 6.14. The number of nitrogens with one attached hydrogen (secondary N) is 3. The van der Waals surface area contributed by atoms with Crippen molar-refractivity contribution in [3.8, 4) is 0 Å². The van der Waals surface area contributed by atoms with Crippen LogP contribution in [0.2, 0.25) is 0 Å². The summed E-state index contributed by atoms with van der Waals surface area (Å²) in [5.41, 5.74) is 0.709. The maximum atomic E-state index is 12.3. The minimum atomic E-state index is -1.51. The number of rotatable bonds is 8. The minimum absolute atomic E-state index is 0.0526. The third-order valence-electron chi connectivity index (χ3n) is 6.14. The van der Waals surface area contributed by atoms with E-state index in [2.05, 4.69) is 27.0 Å². The van der Waals surface area contributed by atoms with Gasteiger partial charge in [0.1, 0.15) is 5.82 Å². The number of carbonyl (C=O) groups is 3. The Balaban J connectivity index is 1.41. The summed E-state index contributed by atoms with van der Waals surface area (Å²) < 4.78 is 0. The van der Waals surface area contributed by atoms with Crippen LogP contribution in [0.1, 0.15) is 63.1 Å². The summed E-state index contributed by atoms with van der Waals surface area (Å²) in [6.45, 7) is 2.17. The zero-order valence-electron chi connectivity index (χ0n) is 17.9. The Morgan fingerprint density at radius 2 is 2.03 bits per heavy atom. The summed E-state index contributed by atoms with van der Waals surface area (Å²) in [7, 11) is 0. The number of nitrogens with zero attached hydrogens (tertiary/aromatic N) is 1. The lowest BCUT2D eigenvalue weighted by Crippen LogP contribution is -2.59. The highest BCUT2D eigenvalue weighted by Gasteiger charge is 2.44. The fourth-order valence-electron chi connectivity index (χ4n) is 4.42. The van der Waals surface area contributed by atoms with E-state index in [1.165, 1.54) is 12.5 Å². The van der Waals surface area contributed by atoms with Crippen LogP contribution in [0.3, 0.4) is 0 Å². The maximum Gasteiger partial charge on any atom is 0.329 e. The van der Waals surface area contributed by atoms with Crippen LogP contribution in [-0.4, -0.2) is 57.2 Å². The van der Waals surface area contributed by atoms with Gasteiger partial charge in [-0.15, -0.1) is 0 Å². The number of fused-ring (bicyclic) bond motifs is 1. The molecule has 1 aromatic heterocycles. The number of carboxylic acid groups (broad SMARTS) is 1. The van der Waals surface area contributed by atoms with Crippen molar-refractivity contribution in [3.05, 3.63) is 23.4 Å². The smallest absolute Gasteiger partial charge is 0.329 e. The molecule has 31 heavy (non-hydrogen) atoms. The molecule has 1 aromatic rings. The van der Waals surface area contributed by atoms with Crippen molar-refractivity contribution in [2.24, 2.45) is 0 Å². The molecule has 1 fully saturated rings. The Morgan fingerprint density at radius 3 is 2.71 bits per heavy atom. The molecule has 0 radical (unpaired) electrons. The van der Waals surface area contributed by atoms with Gasteiger partial charge in [0.05, 0.1) is 5.60 Å². The molecule has 9 nitrogen and oxygen atoms in total. The predicted molar refractivity (Wildman–Crippen MR) is 115 cm³/mol. The molecule has 9 heteroatoms. The van der Waals surface area contributed by atoms with Crippen molar-refractivity contribution >= 4 is 23.6 Å². The number of pyridine rings is 1. The van der Waals surface area contributed by atoms with Gasteiger partial charge < -0.3 is 26.2 Å². The molecule has 0 aromatic carbocycles. The zero-order valence-corrected chi connectivity index (χ0v) is 17.9. The average molecular weight is 433 g/mol. The molecule has 1 aliphatic heterocycles. The fraction of sp³-hybridized carbons (Fsp3) is 0.636. The van der Waals surface area contributed by atoms with E-state index in [0.29, 0.717) is 25.7 Å². The molecule has 170 valence electrons. The Kier molecular flexibility index (Phi) is 7.48. The van der Waals surface area contributed by atoms with Crippen molar-refractivity contribution in [2.75, 3.05) is 11.9 Å². The second-order valence-corrected chi connectivity index (χ2v) is 8.61. The number of hydrogen-bond donors (Lipinski definition) is 5. The van der Waals surface area contributed by atoms with Gasteiger partial charge in [-0.3, -0.25) is 9.59 Å². The van der Waals surface area contributed by atoms with Gasteiger partial charge in [0.25, 0.3) is 0 Å². The van der Waals surface area contributed by atoms with Crippen LogP contribution in [0.25, 0.3) is 0 Å². The molecule has 1 saturated carbocycles. The number of aliphatic carboxylic acids is 1. The summed E-state index contributed by atoms with van der Waals surface area (Å²) in [5, 5.41) is 28.7. The van der Waals surface area contributed by atoms with Gasteiger partial charge in [-0.1, -0.05) is 6.07 Å². The highest BCUT2D eigenvalue weighted by atomic mass is 16.4. The Bertz CT molecular complexity index is 820. The van der Waals surface area contributed by atoms with Crippen molar-refractivity contribution in [1.29, 1.82) is 0 Å². The number of carbonyl (C=O) groups excluding carboxylic acids is 2. The van der Waals surface area contributed by atoms with E-state index >= 15 is 0 Å². The van der Waals surface area contributed by atoms with Crippen LogP contribution in [-0.2, 0) is 27.2 Å². The topological polar surface area (TPSA) is 141 Å². The van der Waals surface area contributed by atoms with Crippen LogP contribution < -0.4 is 16.0 Å². The largest absolute Gasteiger partial charge is 0.480 e. The second-order valence-electron chi connectivity index (χ2n) is 8.61. The van der Waals surface area contributed by atoms with Gasteiger partial charge in [-0.05, 0) is 63.0 Å². The summed E-state index contributed by atoms with van der Waals surface area (Å²) in [4.78, 5) is 39.7. The van der Waals surface area contributed by atoms with Crippen LogP contribution in [0.5, 0.6) is 0 Å². The number of carboxylic acids is 1. The van der Waals surface area contributed by atoms with Gasteiger partial charge in [0, 0.05) is 31.6 Å². The number of anilines is 1. The monoisotopic (exact) mass is 432 g/mol. The molecule has 1 atom stereocenters. The highest BCUT2D eigenvalue weighted by molar-refractivity contribution is 5.83. The first-order valence-electron chi connectivity index (χ1n) is 11.0. The van der Waals surface area contributed by atoms with E-state index in [4.69, 9.17) is 0 Å². The molecule has 2 heterocycles. The van der Waals surface area contributed by atoms with Crippen LogP contribution in [0.4, 0.5) is 5.82 Å². The molecule has 0 bridgehead atoms. The lowest BCUT2D eigenvalue weighted by Gasteiger charge is -2.39. The standard InChI is InChI=1S/C22H32N4O5/c1-14(27)24-19(21(29)30)22(31)11-9-17(10-12-22)25-18(28)6-2-5-16-8-7-15-4-3-13-23-20(15)26-16/h7-8,17,19,31H,2-6,9-13H2,1H3,(H,23,26)(H,24,27)(H,25,28)(H,29,30). The van der Waals surface area contributed by atoms with Gasteiger partial charge in [-0.2, -0.15) is 0 Å². The van der Waals surface area contributed by atoms with Gasteiger partial charge >= 0.3 is 5.97 Å². The lowest BCUT2D eigenvalue weighted by molar-refractivity contribution is -0.152. The van der Waals surface area contributed by atoms with E-state index in [9.17, 15) is 24.6 Å². The number of aryl methyl sites for hydroxylation is 2. The second kappa shape index (κ2) is 10.1. The first-order valence-corrected chi connectivity index (χ1v) is 11.0. The van der Waals surface area contributed by atoms with Gasteiger partial charge in [0.2, 0.25) is 11.8 Å². The van der Waals surface area contributed by atoms with Crippen LogP contribution in [0.15, 0.2) is 12.1 Å². The van der Waals surface area contributed by atoms with E-state index in [-0.39, 0.29) is 24.8 Å². The van der Waals surface area contributed by atoms with Crippen molar-refractivity contribution in [2.45, 2.75) is 82.4 Å². The predicted octanol–water partition coefficient (Wildman–Crippen LogP) is 1.14. The third kappa shape index (κ3) is 6.16. The molecule has 1 aliphatic carbocycles. The van der Waals surface area contributed by atoms with Crippen LogP contribution in [0, 0.1) is 0 Å². The quantitative estimate of drug-likeness (QED) is 0.415.